The number of carbonyl (C=O) groups is 2. The normalized spacial score (nSPS) is 26.4. The predicted molar refractivity (Wildman–Crippen MR) is 93.6 cm³/mol. The van der Waals surface area contributed by atoms with Gasteiger partial charge in [-0.15, -0.1) is 0 Å². The van der Waals surface area contributed by atoms with Crippen molar-refractivity contribution in [3.05, 3.63) is 45.0 Å². The third-order valence-electron chi connectivity index (χ3n) is 3.67. The van der Waals surface area contributed by atoms with E-state index in [0.717, 1.165) is 0 Å². The van der Waals surface area contributed by atoms with Gasteiger partial charge in [-0.25, -0.2) is 0 Å². The van der Waals surface area contributed by atoms with E-state index in [4.69, 9.17) is 32.8 Å². The quantitative estimate of drug-likeness (QED) is 0.620. The molecule has 0 spiro atoms. The third-order valence-corrected chi connectivity index (χ3v) is 4.33. The van der Waals surface area contributed by atoms with Crippen LogP contribution >= 0.6 is 23.2 Å². The van der Waals surface area contributed by atoms with Crippen LogP contribution in [0.3, 0.4) is 0 Å². The smallest absolute Gasteiger partial charge is 0.266 e. The molecular formula is C17H17Cl2NO5. The van der Waals surface area contributed by atoms with Crippen molar-refractivity contribution < 1.29 is 24.3 Å². The molecule has 2 rings (SSSR count). The Balaban J connectivity index is 2.40. The molecule has 1 aromatic rings. The lowest BCUT2D eigenvalue weighted by Crippen LogP contribution is -2.37. The molecule has 1 aliphatic rings. The van der Waals surface area contributed by atoms with Crippen molar-refractivity contribution in [2.45, 2.75) is 39.3 Å². The molecule has 8 heteroatoms. The highest BCUT2D eigenvalue weighted by Crippen LogP contribution is 2.43. The standard InChI is InChI=1S/C17H17Cl2NO5/c1-9(21)14-15(10(2)22)17(4,24-16(14,3)23)25-20-8-11-12(18)6-5-7-13(11)19/h5-8,23H,1-4H3/b20-8+. The van der Waals surface area contributed by atoms with E-state index in [1.165, 1.54) is 33.9 Å². The molecule has 0 fully saturated rings. The summed E-state index contributed by atoms with van der Waals surface area (Å²) in [6, 6.07) is 4.93. The number of carbonyl (C=O) groups excluding carboxylic acids is 2. The first kappa shape index (κ1) is 19.6. The molecule has 25 heavy (non-hydrogen) atoms. The van der Waals surface area contributed by atoms with Crippen LogP contribution in [-0.2, 0) is 19.2 Å². The molecule has 1 N–H and O–H groups in total. The van der Waals surface area contributed by atoms with Crippen molar-refractivity contribution in [1.82, 2.24) is 0 Å². The van der Waals surface area contributed by atoms with Crippen molar-refractivity contribution in [2.24, 2.45) is 5.16 Å². The Morgan fingerprint density at radius 3 is 2.16 bits per heavy atom. The Labute approximate surface area is 155 Å². The zero-order chi connectivity index (χ0) is 19.0. The minimum Gasteiger partial charge on any atom is -0.362 e. The fourth-order valence-electron chi connectivity index (χ4n) is 2.82. The van der Waals surface area contributed by atoms with E-state index in [2.05, 4.69) is 5.16 Å². The van der Waals surface area contributed by atoms with Gasteiger partial charge in [0.25, 0.3) is 5.79 Å². The van der Waals surface area contributed by atoms with Crippen molar-refractivity contribution in [3.8, 4) is 0 Å². The monoisotopic (exact) mass is 385 g/mol. The molecule has 0 aromatic heterocycles. The number of halogens is 2. The maximum atomic E-state index is 12.0. The molecule has 0 aliphatic carbocycles. The van der Waals surface area contributed by atoms with Gasteiger partial charge in [0.05, 0.1) is 27.4 Å². The van der Waals surface area contributed by atoms with Gasteiger partial charge in [0.15, 0.2) is 17.4 Å². The molecule has 1 aliphatic heterocycles. The van der Waals surface area contributed by atoms with Crippen LogP contribution in [0.15, 0.2) is 34.5 Å². The number of oxime groups is 1. The SMILES string of the molecule is CC(=O)C1=C(C(C)=O)C(C)(O/N=C/c2c(Cl)cccc2Cl)OC1(C)O. The average molecular weight is 386 g/mol. The first-order valence-electron chi connectivity index (χ1n) is 7.35. The number of benzene rings is 1. The van der Waals surface area contributed by atoms with Crippen molar-refractivity contribution >= 4 is 41.0 Å². The van der Waals surface area contributed by atoms with Gasteiger partial charge in [0.2, 0.25) is 0 Å². The highest BCUT2D eigenvalue weighted by Gasteiger charge is 2.55. The predicted octanol–water partition coefficient (Wildman–Crippen LogP) is 3.27. The van der Waals surface area contributed by atoms with Gasteiger partial charge in [0, 0.05) is 12.5 Å². The van der Waals surface area contributed by atoms with E-state index in [-0.39, 0.29) is 11.1 Å². The van der Waals surface area contributed by atoms with Gasteiger partial charge >= 0.3 is 0 Å². The van der Waals surface area contributed by atoms with Crippen LogP contribution < -0.4 is 0 Å². The molecule has 1 aromatic carbocycles. The summed E-state index contributed by atoms with van der Waals surface area (Å²) < 4.78 is 5.42. The number of nitrogens with zero attached hydrogens (tertiary/aromatic N) is 1. The van der Waals surface area contributed by atoms with E-state index in [1.54, 1.807) is 18.2 Å². The Kier molecular flexibility index (Phi) is 5.39. The second-order valence-corrected chi connectivity index (χ2v) is 6.67. The average Bonchev–Trinajstić information content (AvgIpc) is 2.68. The van der Waals surface area contributed by atoms with Gasteiger partial charge in [-0.2, -0.15) is 0 Å². The Morgan fingerprint density at radius 1 is 1.16 bits per heavy atom. The summed E-state index contributed by atoms with van der Waals surface area (Å²) in [6.45, 7) is 5.13. The van der Waals surface area contributed by atoms with Gasteiger partial charge in [-0.05, 0) is 32.9 Å². The van der Waals surface area contributed by atoms with Gasteiger partial charge in [0.1, 0.15) is 0 Å². The van der Waals surface area contributed by atoms with Crippen LogP contribution in [0, 0.1) is 0 Å². The second-order valence-electron chi connectivity index (χ2n) is 5.85. The zero-order valence-electron chi connectivity index (χ0n) is 14.1. The topological polar surface area (TPSA) is 85.2 Å². The summed E-state index contributed by atoms with van der Waals surface area (Å²) in [5.74, 6) is -4.68. The van der Waals surface area contributed by atoms with E-state index < -0.39 is 23.1 Å². The molecule has 6 nitrogen and oxygen atoms in total. The summed E-state index contributed by atoms with van der Waals surface area (Å²) in [4.78, 5) is 29.2. The van der Waals surface area contributed by atoms with E-state index in [1.807, 2.05) is 0 Å². The number of rotatable bonds is 5. The molecular weight excluding hydrogens is 369 g/mol. The van der Waals surface area contributed by atoms with E-state index >= 15 is 0 Å². The summed E-state index contributed by atoms with van der Waals surface area (Å²) in [5, 5.41) is 14.9. The van der Waals surface area contributed by atoms with Crippen LogP contribution in [0.2, 0.25) is 10.0 Å². The fourth-order valence-corrected chi connectivity index (χ4v) is 3.31. The molecule has 0 amide bonds. The number of ketones is 2. The van der Waals surface area contributed by atoms with Crippen LogP contribution in [0.5, 0.6) is 0 Å². The lowest BCUT2D eigenvalue weighted by Gasteiger charge is -2.26. The van der Waals surface area contributed by atoms with E-state index in [9.17, 15) is 14.7 Å². The summed E-state index contributed by atoms with van der Waals surface area (Å²) in [5.41, 5.74) is 0.167. The molecule has 134 valence electrons. The number of hydrogen-bond donors (Lipinski definition) is 1. The molecule has 0 bridgehead atoms. The second kappa shape index (κ2) is 6.88. The van der Waals surface area contributed by atoms with Crippen molar-refractivity contribution in [1.29, 1.82) is 0 Å². The first-order chi connectivity index (χ1) is 11.5. The molecule has 1 heterocycles. The van der Waals surface area contributed by atoms with Gasteiger partial charge in [-0.3, -0.25) is 14.3 Å². The van der Waals surface area contributed by atoms with E-state index in [0.29, 0.717) is 15.6 Å². The molecule has 0 saturated carbocycles. The molecule has 2 atom stereocenters. The summed E-state index contributed by atoms with van der Waals surface area (Å²) in [6.07, 6.45) is 1.26. The number of ether oxygens (including phenoxy) is 1. The minimum atomic E-state index is -1.97. The third kappa shape index (κ3) is 3.77. The number of Topliss-reactive ketones (excluding diaryl/α,β-unsaturated/α-hetero) is 2. The fraction of sp³-hybridized carbons (Fsp3) is 0.353. The zero-order valence-corrected chi connectivity index (χ0v) is 15.6. The van der Waals surface area contributed by atoms with Crippen molar-refractivity contribution in [2.75, 3.05) is 0 Å². The Morgan fingerprint density at radius 2 is 1.68 bits per heavy atom. The van der Waals surface area contributed by atoms with Crippen LogP contribution in [0.1, 0.15) is 33.3 Å². The first-order valence-corrected chi connectivity index (χ1v) is 8.10. The Bertz CT molecular complexity index is 780. The number of aliphatic hydroxyl groups is 1. The lowest BCUT2D eigenvalue weighted by molar-refractivity contribution is -0.283. The van der Waals surface area contributed by atoms with Crippen LogP contribution in [-0.4, -0.2) is 34.5 Å². The van der Waals surface area contributed by atoms with Crippen molar-refractivity contribution in [3.63, 3.8) is 0 Å². The summed E-state index contributed by atoms with van der Waals surface area (Å²) in [7, 11) is 0. The largest absolute Gasteiger partial charge is 0.362 e. The highest BCUT2D eigenvalue weighted by atomic mass is 35.5. The number of hydrogen-bond acceptors (Lipinski definition) is 6. The molecule has 0 radical (unpaired) electrons. The maximum Gasteiger partial charge on any atom is 0.266 e. The lowest BCUT2D eigenvalue weighted by atomic mass is 9.94. The van der Waals surface area contributed by atoms with Gasteiger partial charge in [-0.1, -0.05) is 34.4 Å². The maximum absolute atomic E-state index is 12.0. The van der Waals surface area contributed by atoms with Crippen LogP contribution in [0.4, 0.5) is 0 Å². The molecule has 2 unspecified atom stereocenters. The summed E-state index contributed by atoms with van der Waals surface area (Å²) >= 11 is 12.1. The highest BCUT2D eigenvalue weighted by molar-refractivity contribution is 6.38. The van der Waals surface area contributed by atoms with Gasteiger partial charge < -0.3 is 9.94 Å². The minimum absolute atomic E-state index is 0.0904. The Hall–Kier alpha value is -1.73. The van der Waals surface area contributed by atoms with Crippen LogP contribution in [0.25, 0.3) is 0 Å². The molecule has 0 saturated heterocycles.